The number of benzene rings is 1. The zero-order chi connectivity index (χ0) is 20.4. The van der Waals surface area contributed by atoms with E-state index in [9.17, 15) is 4.79 Å². The highest BCUT2D eigenvalue weighted by molar-refractivity contribution is 7.99. The van der Waals surface area contributed by atoms with Gasteiger partial charge in [-0.1, -0.05) is 57.5 Å². The molecule has 2 heterocycles. The van der Waals surface area contributed by atoms with Crippen LogP contribution in [0, 0.1) is 5.92 Å². The Morgan fingerprint density at radius 1 is 1.10 bits per heavy atom. The van der Waals surface area contributed by atoms with Crippen molar-refractivity contribution in [2.24, 2.45) is 5.92 Å². The van der Waals surface area contributed by atoms with Crippen LogP contribution in [0.3, 0.4) is 0 Å². The molecule has 0 spiro atoms. The number of hydrogen-bond acceptors (Lipinski definition) is 5. The van der Waals surface area contributed by atoms with Gasteiger partial charge in [0.25, 0.3) is 5.22 Å². The van der Waals surface area contributed by atoms with Crippen molar-refractivity contribution in [3.63, 3.8) is 0 Å². The Morgan fingerprint density at radius 2 is 1.83 bits per heavy atom. The van der Waals surface area contributed by atoms with Crippen LogP contribution in [0.25, 0.3) is 11.5 Å². The number of aromatic nitrogens is 2. The van der Waals surface area contributed by atoms with Gasteiger partial charge in [-0.2, -0.15) is 0 Å². The van der Waals surface area contributed by atoms with Crippen molar-refractivity contribution in [1.29, 1.82) is 0 Å². The molecule has 5 nitrogen and oxygen atoms in total. The largest absolute Gasteiger partial charge is 0.411 e. The summed E-state index contributed by atoms with van der Waals surface area (Å²) >= 11 is 1.35. The summed E-state index contributed by atoms with van der Waals surface area (Å²) in [7, 11) is 0. The smallest absolute Gasteiger partial charge is 0.277 e. The Labute approximate surface area is 177 Å². The Bertz CT molecular complexity index is 839. The number of amides is 1. The molecular weight excluding hydrogens is 382 g/mol. The van der Waals surface area contributed by atoms with Gasteiger partial charge in [0.2, 0.25) is 11.8 Å². The number of carbonyl (C=O) groups excluding carboxylic acids is 1. The van der Waals surface area contributed by atoms with Crippen molar-refractivity contribution in [2.75, 3.05) is 12.3 Å². The Kier molecular flexibility index (Phi) is 6.00. The molecule has 1 amide bonds. The zero-order valence-corrected chi connectivity index (χ0v) is 18.5. The summed E-state index contributed by atoms with van der Waals surface area (Å²) in [5, 5.41) is 8.77. The van der Waals surface area contributed by atoms with Crippen LogP contribution in [0.4, 0.5) is 0 Å². The lowest BCUT2D eigenvalue weighted by atomic mass is 9.78. The van der Waals surface area contributed by atoms with Crippen LogP contribution in [0.2, 0.25) is 0 Å². The molecule has 1 saturated carbocycles. The first kappa shape index (κ1) is 20.5. The third-order valence-electron chi connectivity index (χ3n) is 6.29. The van der Waals surface area contributed by atoms with E-state index >= 15 is 0 Å². The second-order valence-electron chi connectivity index (χ2n) is 9.33. The molecule has 2 aromatic rings. The van der Waals surface area contributed by atoms with Crippen molar-refractivity contribution in [3.05, 3.63) is 29.8 Å². The van der Waals surface area contributed by atoms with Gasteiger partial charge in [0, 0.05) is 18.2 Å². The number of rotatable bonds is 4. The van der Waals surface area contributed by atoms with E-state index in [1.165, 1.54) is 43.0 Å². The maximum absolute atomic E-state index is 12.8. The lowest BCUT2D eigenvalue weighted by Gasteiger charge is -2.44. The second-order valence-corrected chi connectivity index (χ2v) is 10.3. The summed E-state index contributed by atoms with van der Waals surface area (Å²) in [5.41, 5.74) is 2.29. The fraction of sp³-hybridized carbons (Fsp3) is 0.609. The number of likely N-dealkylation sites (tertiary alicyclic amines) is 1. The number of hydrogen-bond donors (Lipinski definition) is 0. The van der Waals surface area contributed by atoms with Gasteiger partial charge >= 0.3 is 0 Å². The highest BCUT2D eigenvalue weighted by Crippen LogP contribution is 2.36. The summed E-state index contributed by atoms with van der Waals surface area (Å²) in [5.74, 6) is 1.79. The van der Waals surface area contributed by atoms with Gasteiger partial charge in [0.05, 0.1) is 5.75 Å². The first-order valence-electron chi connectivity index (χ1n) is 10.8. The van der Waals surface area contributed by atoms with Crippen molar-refractivity contribution in [3.8, 4) is 11.5 Å². The van der Waals surface area contributed by atoms with Gasteiger partial charge in [-0.15, -0.1) is 10.2 Å². The third kappa shape index (κ3) is 4.68. The Morgan fingerprint density at radius 3 is 2.59 bits per heavy atom. The zero-order valence-electron chi connectivity index (χ0n) is 17.7. The molecule has 6 heteroatoms. The van der Waals surface area contributed by atoms with Crippen LogP contribution in [0.5, 0.6) is 0 Å². The Hall–Kier alpha value is -1.82. The van der Waals surface area contributed by atoms with Gasteiger partial charge in [-0.3, -0.25) is 4.79 Å². The maximum atomic E-state index is 12.8. The number of fused-ring (bicyclic) bond motifs is 1. The van der Waals surface area contributed by atoms with Crippen molar-refractivity contribution in [1.82, 2.24) is 15.1 Å². The molecule has 1 aromatic heterocycles. The molecule has 2 aliphatic rings. The highest BCUT2D eigenvalue weighted by Gasteiger charge is 2.35. The average molecular weight is 414 g/mol. The molecule has 2 unspecified atom stereocenters. The number of piperidine rings is 1. The van der Waals surface area contributed by atoms with E-state index < -0.39 is 0 Å². The number of nitrogens with zero attached hydrogens (tertiary/aromatic N) is 3. The summed E-state index contributed by atoms with van der Waals surface area (Å²) in [4.78, 5) is 15.0. The van der Waals surface area contributed by atoms with E-state index in [0.29, 0.717) is 28.8 Å². The van der Waals surface area contributed by atoms with E-state index in [2.05, 4.69) is 48.0 Å². The second kappa shape index (κ2) is 8.50. The van der Waals surface area contributed by atoms with E-state index in [1.54, 1.807) is 0 Å². The molecule has 1 aromatic carbocycles. The molecule has 4 rings (SSSR count). The van der Waals surface area contributed by atoms with Gasteiger partial charge in [-0.05, 0) is 54.7 Å². The summed E-state index contributed by atoms with van der Waals surface area (Å²) in [6.07, 6.45) is 7.42. The summed E-state index contributed by atoms with van der Waals surface area (Å²) in [6, 6.07) is 8.69. The molecule has 2 atom stereocenters. The molecule has 2 fully saturated rings. The first-order valence-corrected chi connectivity index (χ1v) is 11.8. The quantitative estimate of drug-likeness (QED) is 0.636. The molecule has 0 radical (unpaired) electrons. The van der Waals surface area contributed by atoms with Crippen molar-refractivity contribution >= 4 is 17.7 Å². The lowest BCUT2D eigenvalue weighted by molar-refractivity contribution is -0.134. The molecule has 1 aliphatic carbocycles. The van der Waals surface area contributed by atoms with Crippen LogP contribution in [0.1, 0.15) is 64.9 Å². The van der Waals surface area contributed by atoms with Gasteiger partial charge in [0.15, 0.2) is 0 Å². The monoisotopic (exact) mass is 413 g/mol. The Balaban J connectivity index is 1.36. The van der Waals surface area contributed by atoms with Gasteiger partial charge in [0.1, 0.15) is 0 Å². The van der Waals surface area contributed by atoms with Crippen molar-refractivity contribution < 1.29 is 9.21 Å². The third-order valence-corrected chi connectivity index (χ3v) is 7.09. The maximum Gasteiger partial charge on any atom is 0.277 e. The number of thioether (sulfide) groups is 1. The molecule has 1 saturated heterocycles. The number of carbonyl (C=O) groups is 1. The van der Waals surface area contributed by atoms with Crippen LogP contribution in [-0.2, 0) is 10.2 Å². The van der Waals surface area contributed by atoms with E-state index in [4.69, 9.17) is 4.42 Å². The molecule has 0 N–H and O–H groups in total. The predicted molar refractivity (Wildman–Crippen MR) is 116 cm³/mol. The summed E-state index contributed by atoms with van der Waals surface area (Å²) in [6.45, 7) is 7.48. The normalized spacial score (nSPS) is 22.4. The first-order chi connectivity index (χ1) is 13.9. The predicted octanol–water partition coefficient (Wildman–Crippen LogP) is 5.31. The van der Waals surface area contributed by atoms with E-state index in [-0.39, 0.29) is 11.3 Å². The SMILES string of the molecule is CC(C)(C)c1ccc(-c2nnc(SCC(=O)N3CCCC4CCCCC43)o2)cc1. The van der Waals surface area contributed by atoms with E-state index in [0.717, 1.165) is 24.9 Å². The molecule has 0 bridgehead atoms. The topological polar surface area (TPSA) is 59.2 Å². The molecule has 156 valence electrons. The van der Waals surface area contributed by atoms with Gasteiger partial charge in [-0.25, -0.2) is 0 Å². The molecular formula is C23H31N3O2S. The standard InChI is InChI=1S/C23H31N3O2S/c1-23(2,3)18-12-10-17(11-13-18)21-24-25-22(28-21)29-15-20(27)26-14-6-8-16-7-4-5-9-19(16)26/h10-13,16,19H,4-9,14-15H2,1-3H3. The fourth-order valence-corrected chi connectivity index (χ4v) is 5.29. The van der Waals surface area contributed by atoms with Crippen LogP contribution in [0.15, 0.2) is 33.9 Å². The van der Waals surface area contributed by atoms with Crippen LogP contribution < -0.4 is 0 Å². The van der Waals surface area contributed by atoms with Crippen molar-refractivity contribution in [2.45, 2.75) is 76.0 Å². The van der Waals surface area contributed by atoms with Crippen LogP contribution in [-0.4, -0.2) is 39.3 Å². The fourth-order valence-electron chi connectivity index (χ4n) is 4.64. The minimum absolute atomic E-state index is 0.112. The minimum Gasteiger partial charge on any atom is -0.411 e. The van der Waals surface area contributed by atoms with Crippen LogP contribution >= 0.6 is 11.8 Å². The molecule has 1 aliphatic heterocycles. The van der Waals surface area contributed by atoms with Gasteiger partial charge < -0.3 is 9.32 Å². The average Bonchev–Trinajstić information content (AvgIpc) is 3.20. The minimum atomic E-state index is 0.112. The lowest BCUT2D eigenvalue weighted by Crippen LogP contribution is -2.50. The highest BCUT2D eigenvalue weighted by atomic mass is 32.2. The summed E-state index contributed by atoms with van der Waals surface area (Å²) < 4.78 is 5.81. The van der Waals surface area contributed by atoms with E-state index in [1.807, 2.05) is 12.1 Å². The molecule has 29 heavy (non-hydrogen) atoms.